The highest BCUT2D eigenvalue weighted by atomic mass is 16.3. The Morgan fingerprint density at radius 2 is 2.26 bits per heavy atom. The summed E-state index contributed by atoms with van der Waals surface area (Å²) in [7, 11) is 0. The monoisotopic (exact) mass is 319 g/mol. The van der Waals surface area contributed by atoms with Gasteiger partial charge in [0.05, 0.1) is 6.10 Å². The number of Topliss-reactive ketones (excluding diaryl/α,β-unsaturated/α-hetero) is 1. The number of nitrogens with zero attached hydrogens (tertiary/aromatic N) is 1. The number of hydrogen-bond donors (Lipinski definition) is 1. The van der Waals surface area contributed by atoms with Crippen LogP contribution in [-0.4, -0.2) is 15.9 Å². The normalized spacial score (nSPS) is 33.4. The van der Waals surface area contributed by atoms with E-state index in [0.717, 1.165) is 38.5 Å². The van der Waals surface area contributed by atoms with Gasteiger partial charge < -0.3 is 9.52 Å². The van der Waals surface area contributed by atoms with Crippen LogP contribution in [0.2, 0.25) is 0 Å². The van der Waals surface area contributed by atoms with E-state index < -0.39 is 6.10 Å². The third-order valence-corrected chi connectivity index (χ3v) is 6.55. The number of aliphatic hydroxyl groups is 1. The third-order valence-electron chi connectivity index (χ3n) is 6.55. The maximum atomic E-state index is 12.2. The number of rotatable bonds is 6. The zero-order chi connectivity index (χ0) is 16.4. The third kappa shape index (κ3) is 3.23. The number of fused-ring (bicyclic) bond motifs is 1. The molecule has 0 spiro atoms. The molecule has 128 valence electrons. The molecule has 2 fully saturated rings. The first-order chi connectivity index (χ1) is 11.0. The Labute approximate surface area is 138 Å². The lowest BCUT2D eigenvalue weighted by atomic mass is 9.62. The maximum Gasteiger partial charge on any atom is 0.180 e. The Morgan fingerprint density at radius 1 is 1.43 bits per heavy atom. The first kappa shape index (κ1) is 16.7. The van der Waals surface area contributed by atoms with Crippen LogP contribution in [0.25, 0.3) is 0 Å². The molecule has 2 aliphatic carbocycles. The van der Waals surface area contributed by atoms with E-state index >= 15 is 0 Å². The molecule has 0 aliphatic heterocycles. The molecule has 1 heterocycles. The van der Waals surface area contributed by atoms with Gasteiger partial charge in [0.1, 0.15) is 17.7 Å². The predicted molar refractivity (Wildman–Crippen MR) is 87.7 cm³/mol. The molecule has 5 atom stereocenters. The molecular formula is C19H29NO3. The van der Waals surface area contributed by atoms with Gasteiger partial charge in [0, 0.05) is 12.3 Å². The SMILES string of the molecule is CC(CCCC(O)c1cocn1)[C@H]1CC[C@H]2C(=O)CCC[C@]12C. The van der Waals surface area contributed by atoms with E-state index in [1.807, 2.05) is 0 Å². The molecule has 2 unspecified atom stereocenters. The lowest BCUT2D eigenvalue weighted by Crippen LogP contribution is -2.39. The fraction of sp³-hybridized carbons (Fsp3) is 0.789. The van der Waals surface area contributed by atoms with Gasteiger partial charge >= 0.3 is 0 Å². The van der Waals surface area contributed by atoms with Crippen LogP contribution in [0.15, 0.2) is 17.1 Å². The highest BCUT2D eigenvalue weighted by molar-refractivity contribution is 5.83. The molecule has 0 radical (unpaired) electrons. The average molecular weight is 319 g/mol. The topological polar surface area (TPSA) is 63.3 Å². The molecule has 0 aromatic carbocycles. The standard InChI is InChI=1S/C19H29NO3/c1-13(5-3-6-18(22)16-11-23-12-20-16)14-8-9-15-17(21)7-4-10-19(14,15)2/h11-15,18,22H,3-10H2,1-2H3/t13?,14-,15+,18?,19-/m1/s1. The van der Waals surface area contributed by atoms with Crippen molar-refractivity contribution in [1.82, 2.24) is 4.98 Å². The van der Waals surface area contributed by atoms with E-state index in [9.17, 15) is 9.90 Å². The minimum absolute atomic E-state index is 0.222. The Bertz CT molecular complexity index is 527. The summed E-state index contributed by atoms with van der Waals surface area (Å²) in [6.07, 6.45) is 10.5. The Hall–Kier alpha value is -1.16. The van der Waals surface area contributed by atoms with Gasteiger partial charge in [-0.15, -0.1) is 0 Å². The quantitative estimate of drug-likeness (QED) is 0.849. The van der Waals surface area contributed by atoms with Crippen LogP contribution >= 0.6 is 0 Å². The molecule has 4 heteroatoms. The van der Waals surface area contributed by atoms with Crippen LogP contribution in [0.1, 0.15) is 77.0 Å². The van der Waals surface area contributed by atoms with Crippen molar-refractivity contribution in [2.75, 3.05) is 0 Å². The molecule has 1 aromatic rings. The first-order valence-electron chi connectivity index (χ1n) is 9.11. The van der Waals surface area contributed by atoms with E-state index in [1.165, 1.54) is 25.5 Å². The van der Waals surface area contributed by atoms with Gasteiger partial charge in [-0.1, -0.05) is 26.7 Å². The van der Waals surface area contributed by atoms with Crippen molar-refractivity contribution < 1.29 is 14.3 Å². The molecule has 3 rings (SSSR count). The summed E-state index contributed by atoms with van der Waals surface area (Å²) in [4.78, 5) is 16.2. The molecule has 2 saturated carbocycles. The predicted octanol–water partition coefficient (Wildman–Crippen LogP) is 4.30. The van der Waals surface area contributed by atoms with Gasteiger partial charge in [-0.25, -0.2) is 4.98 Å². The summed E-state index contributed by atoms with van der Waals surface area (Å²) in [5.41, 5.74) is 0.850. The second-order valence-corrected chi connectivity index (χ2v) is 7.90. The van der Waals surface area contributed by atoms with E-state index in [4.69, 9.17) is 4.42 Å². The Morgan fingerprint density at radius 3 is 3.00 bits per heavy atom. The van der Waals surface area contributed by atoms with Crippen molar-refractivity contribution in [1.29, 1.82) is 0 Å². The van der Waals surface area contributed by atoms with Gasteiger partial charge in [-0.2, -0.15) is 0 Å². The molecule has 0 amide bonds. The van der Waals surface area contributed by atoms with Crippen molar-refractivity contribution in [3.63, 3.8) is 0 Å². The summed E-state index contributed by atoms with van der Waals surface area (Å²) < 4.78 is 4.92. The number of ketones is 1. The van der Waals surface area contributed by atoms with Gasteiger partial charge in [0.25, 0.3) is 0 Å². The summed E-state index contributed by atoms with van der Waals surface area (Å²) in [6, 6.07) is 0. The van der Waals surface area contributed by atoms with Gasteiger partial charge in [-0.05, 0) is 49.4 Å². The summed E-state index contributed by atoms with van der Waals surface area (Å²) in [5.74, 6) is 2.08. The van der Waals surface area contributed by atoms with Crippen LogP contribution < -0.4 is 0 Å². The summed E-state index contributed by atoms with van der Waals surface area (Å²) in [6.45, 7) is 4.69. The number of carbonyl (C=O) groups excluding carboxylic acids is 1. The number of oxazole rings is 1. The molecule has 4 nitrogen and oxygen atoms in total. The van der Waals surface area contributed by atoms with Crippen LogP contribution in [0.3, 0.4) is 0 Å². The van der Waals surface area contributed by atoms with Crippen molar-refractivity contribution in [3.05, 3.63) is 18.4 Å². The molecule has 1 aromatic heterocycles. The average Bonchev–Trinajstić information content (AvgIpc) is 3.14. The van der Waals surface area contributed by atoms with Crippen molar-refractivity contribution in [2.45, 2.75) is 71.3 Å². The van der Waals surface area contributed by atoms with Crippen molar-refractivity contribution >= 4 is 5.78 Å². The summed E-state index contributed by atoms with van der Waals surface area (Å²) in [5, 5.41) is 10.1. The maximum absolute atomic E-state index is 12.2. The fourth-order valence-electron chi connectivity index (χ4n) is 5.27. The van der Waals surface area contributed by atoms with E-state index in [0.29, 0.717) is 29.2 Å². The highest BCUT2D eigenvalue weighted by Crippen LogP contribution is 2.57. The number of aliphatic hydroxyl groups excluding tert-OH is 1. The zero-order valence-electron chi connectivity index (χ0n) is 14.3. The molecule has 2 aliphatic rings. The number of carbonyl (C=O) groups is 1. The van der Waals surface area contributed by atoms with E-state index in [-0.39, 0.29) is 5.41 Å². The minimum Gasteiger partial charge on any atom is -0.451 e. The minimum atomic E-state index is -0.524. The number of hydrogen-bond acceptors (Lipinski definition) is 4. The smallest absolute Gasteiger partial charge is 0.180 e. The van der Waals surface area contributed by atoms with Crippen LogP contribution in [0.4, 0.5) is 0 Å². The molecular weight excluding hydrogens is 290 g/mol. The first-order valence-corrected chi connectivity index (χ1v) is 9.11. The lowest BCUT2D eigenvalue weighted by molar-refractivity contribution is -0.130. The second-order valence-electron chi connectivity index (χ2n) is 7.90. The van der Waals surface area contributed by atoms with Gasteiger partial charge in [0.15, 0.2) is 6.39 Å². The Kier molecular flexibility index (Phi) is 4.90. The van der Waals surface area contributed by atoms with Crippen molar-refractivity contribution in [2.24, 2.45) is 23.2 Å². The van der Waals surface area contributed by atoms with Gasteiger partial charge in [-0.3, -0.25) is 4.79 Å². The van der Waals surface area contributed by atoms with Crippen LogP contribution in [0.5, 0.6) is 0 Å². The van der Waals surface area contributed by atoms with Crippen LogP contribution in [0, 0.1) is 23.2 Å². The largest absolute Gasteiger partial charge is 0.451 e. The zero-order valence-corrected chi connectivity index (χ0v) is 14.3. The second kappa shape index (κ2) is 6.76. The number of aromatic nitrogens is 1. The Balaban J connectivity index is 1.52. The lowest BCUT2D eigenvalue weighted by Gasteiger charge is -2.42. The fourth-order valence-corrected chi connectivity index (χ4v) is 5.27. The van der Waals surface area contributed by atoms with E-state index in [1.54, 1.807) is 0 Å². The molecule has 0 saturated heterocycles. The van der Waals surface area contributed by atoms with E-state index in [2.05, 4.69) is 18.8 Å². The van der Waals surface area contributed by atoms with Crippen LogP contribution in [-0.2, 0) is 4.79 Å². The van der Waals surface area contributed by atoms with Crippen molar-refractivity contribution in [3.8, 4) is 0 Å². The summed E-state index contributed by atoms with van der Waals surface area (Å²) >= 11 is 0. The highest BCUT2D eigenvalue weighted by Gasteiger charge is 2.52. The molecule has 1 N–H and O–H groups in total. The molecule has 23 heavy (non-hydrogen) atoms. The molecule has 0 bridgehead atoms. The van der Waals surface area contributed by atoms with Gasteiger partial charge in [0.2, 0.25) is 0 Å².